The number of rotatable bonds is 2. The summed E-state index contributed by atoms with van der Waals surface area (Å²) in [6.45, 7) is 3.99. The lowest BCUT2D eigenvalue weighted by Crippen LogP contribution is -2.40. The highest BCUT2D eigenvalue weighted by Crippen LogP contribution is 2.17. The molecule has 1 aromatic carbocycles. The van der Waals surface area contributed by atoms with E-state index in [1.54, 1.807) is 0 Å². The van der Waals surface area contributed by atoms with E-state index in [1.165, 1.54) is 11.1 Å². The number of hydrogen-bond donors (Lipinski definition) is 2. The quantitative estimate of drug-likeness (QED) is 0.767. The zero-order chi connectivity index (χ0) is 10.7. The predicted molar refractivity (Wildman–Crippen MR) is 61.9 cm³/mol. The zero-order valence-corrected chi connectivity index (χ0v) is 9.24. The topological polar surface area (TPSA) is 32.3 Å². The van der Waals surface area contributed by atoms with Crippen LogP contribution in [0.4, 0.5) is 0 Å². The Bertz CT molecular complexity index is 307. The maximum absolute atomic E-state index is 9.84. The summed E-state index contributed by atoms with van der Waals surface area (Å²) >= 11 is 0. The number of aliphatic hydroxyl groups excluding tert-OH is 1. The van der Waals surface area contributed by atoms with Crippen LogP contribution in [0.1, 0.15) is 17.5 Å². The van der Waals surface area contributed by atoms with Gasteiger partial charge in [0.2, 0.25) is 0 Å². The number of benzene rings is 1. The summed E-state index contributed by atoms with van der Waals surface area (Å²) in [7, 11) is 0. The molecule has 2 atom stereocenters. The Morgan fingerprint density at radius 3 is 2.73 bits per heavy atom. The summed E-state index contributed by atoms with van der Waals surface area (Å²) in [5, 5.41) is 13.2. The summed E-state index contributed by atoms with van der Waals surface area (Å²) < 4.78 is 0. The van der Waals surface area contributed by atoms with Crippen LogP contribution in [0, 0.1) is 12.8 Å². The van der Waals surface area contributed by atoms with Gasteiger partial charge in [0.15, 0.2) is 0 Å². The molecule has 2 heteroatoms. The Kier molecular flexibility index (Phi) is 3.39. The fourth-order valence-electron chi connectivity index (χ4n) is 2.14. The van der Waals surface area contributed by atoms with E-state index in [1.807, 2.05) is 0 Å². The SMILES string of the molecule is Cc1ccc(CC2CNCCC2O)cc1. The molecular weight excluding hydrogens is 186 g/mol. The molecule has 2 N–H and O–H groups in total. The first-order chi connectivity index (χ1) is 7.25. The molecule has 0 bridgehead atoms. The first-order valence-electron chi connectivity index (χ1n) is 5.70. The summed E-state index contributed by atoms with van der Waals surface area (Å²) in [6, 6.07) is 8.60. The average molecular weight is 205 g/mol. The molecule has 1 aromatic rings. The fraction of sp³-hybridized carbons (Fsp3) is 0.538. The smallest absolute Gasteiger partial charge is 0.0595 e. The van der Waals surface area contributed by atoms with Crippen LogP contribution in [0.3, 0.4) is 0 Å². The average Bonchev–Trinajstić information content (AvgIpc) is 2.25. The van der Waals surface area contributed by atoms with Gasteiger partial charge < -0.3 is 10.4 Å². The lowest BCUT2D eigenvalue weighted by Gasteiger charge is -2.28. The molecule has 0 saturated carbocycles. The third-order valence-electron chi connectivity index (χ3n) is 3.19. The molecule has 1 aliphatic heterocycles. The van der Waals surface area contributed by atoms with Crippen LogP contribution < -0.4 is 5.32 Å². The molecular formula is C13H19NO. The lowest BCUT2D eigenvalue weighted by atomic mass is 9.89. The van der Waals surface area contributed by atoms with Crippen LogP contribution in [0.2, 0.25) is 0 Å². The molecule has 0 aromatic heterocycles. The minimum Gasteiger partial charge on any atom is -0.393 e. The third-order valence-corrected chi connectivity index (χ3v) is 3.19. The normalized spacial score (nSPS) is 26.5. The molecule has 82 valence electrons. The Balaban J connectivity index is 1.98. The molecule has 2 nitrogen and oxygen atoms in total. The van der Waals surface area contributed by atoms with Crippen LogP contribution in [0.25, 0.3) is 0 Å². The molecule has 1 heterocycles. The van der Waals surface area contributed by atoms with E-state index in [0.29, 0.717) is 5.92 Å². The van der Waals surface area contributed by atoms with Gasteiger partial charge in [0, 0.05) is 12.5 Å². The second-order valence-electron chi connectivity index (χ2n) is 4.51. The third kappa shape index (κ3) is 2.80. The van der Waals surface area contributed by atoms with Crippen molar-refractivity contribution in [2.24, 2.45) is 5.92 Å². The van der Waals surface area contributed by atoms with Crippen molar-refractivity contribution < 1.29 is 5.11 Å². The minimum absolute atomic E-state index is 0.132. The molecule has 15 heavy (non-hydrogen) atoms. The lowest BCUT2D eigenvalue weighted by molar-refractivity contribution is 0.0791. The Labute approximate surface area is 91.3 Å². The highest BCUT2D eigenvalue weighted by atomic mass is 16.3. The van der Waals surface area contributed by atoms with Crippen molar-refractivity contribution in [2.75, 3.05) is 13.1 Å². The summed E-state index contributed by atoms with van der Waals surface area (Å²) in [5.74, 6) is 0.376. The van der Waals surface area contributed by atoms with Gasteiger partial charge in [0.05, 0.1) is 6.10 Å². The van der Waals surface area contributed by atoms with E-state index in [0.717, 1.165) is 25.9 Å². The maximum atomic E-state index is 9.84. The van der Waals surface area contributed by atoms with Gasteiger partial charge in [-0.3, -0.25) is 0 Å². The molecule has 1 fully saturated rings. The molecule has 1 aliphatic rings. The van der Waals surface area contributed by atoms with Crippen molar-refractivity contribution in [3.8, 4) is 0 Å². The number of hydrogen-bond acceptors (Lipinski definition) is 2. The molecule has 2 rings (SSSR count). The standard InChI is InChI=1S/C13H19NO/c1-10-2-4-11(5-3-10)8-12-9-14-7-6-13(12)15/h2-5,12-15H,6-9H2,1H3. The van der Waals surface area contributed by atoms with Crippen LogP contribution in [0.15, 0.2) is 24.3 Å². The number of aryl methyl sites for hydroxylation is 1. The van der Waals surface area contributed by atoms with E-state index in [9.17, 15) is 5.11 Å². The van der Waals surface area contributed by atoms with Gasteiger partial charge in [-0.2, -0.15) is 0 Å². The van der Waals surface area contributed by atoms with Gasteiger partial charge in [0.1, 0.15) is 0 Å². The summed E-state index contributed by atoms with van der Waals surface area (Å²) in [6.07, 6.45) is 1.73. The van der Waals surface area contributed by atoms with E-state index in [-0.39, 0.29) is 6.10 Å². The number of aliphatic hydroxyl groups is 1. The van der Waals surface area contributed by atoms with Crippen molar-refractivity contribution in [2.45, 2.75) is 25.9 Å². The summed E-state index contributed by atoms with van der Waals surface area (Å²) in [5.41, 5.74) is 2.62. The Morgan fingerprint density at radius 1 is 1.33 bits per heavy atom. The van der Waals surface area contributed by atoms with Gasteiger partial charge in [-0.15, -0.1) is 0 Å². The molecule has 0 spiro atoms. The van der Waals surface area contributed by atoms with Crippen LogP contribution in [0.5, 0.6) is 0 Å². The minimum atomic E-state index is -0.132. The van der Waals surface area contributed by atoms with Crippen molar-refractivity contribution in [3.63, 3.8) is 0 Å². The van der Waals surface area contributed by atoms with Crippen LogP contribution >= 0.6 is 0 Å². The molecule has 0 radical (unpaired) electrons. The molecule has 0 aliphatic carbocycles. The molecule has 2 unspecified atom stereocenters. The largest absolute Gasteiger partial charge is 0.393 e. The molecule has 0 amide bonds. The zero-order valence-electron chi connectivity index (χ0n) is 9.24. The second kappa shape index (κ2) is 4.77. The first kappa shape index (κ1) is 10.7. The molecule has 1 saturated heterocycles. The summed E-state index contributed by atoms with van der Waals surface area (Å²) in [4.78, 5) is 0. The van der Waals surface area contributed by atoms with E-state index < -0.39 is 0 Å². The van der Waals surface area contributed by atoms with Crippen LogP contribution in [-0.2, 0) is 6.42 Å². The van der Waals surface area contributed by atoms with E-state index in [2.05, 4.69) is 36.5 Å². The second-order valence-corrected chi connectivity index (χ2v) is 4.51. The van der Waals surface area contributed by atoms with Gasteiger partial charge in [-0.1, -0.05) is 29.8 Å². The van der Waals surface area contributed by atoms with Gasteiger partial charge >= 0.3 is 0 Å². The Hall–Kier alpha value is -0.860. The predicted octanol–water partition coefficient (Wildman–Crippen LogP) is 1.51. The fourth-order valence-corrected chi connectivity index (χ4v) is 2.14. The van der Waals surface area contributed by atoms with Gasteiger partial charge in [0.25, 0.3) is 0 Å². The van der Waals surface area contributed by atoms with Crippen LogP contribution in [-0.4, -0.2) is 24.3 Å². The van der Waals surface area contributed by atoms with Crippen molar-refractivity contribution in [1.82, 2.24) is 5.32 Å². The highest BCUT2D eigenvalue weighted by molar-refractivity contribution is 5.21. The van der Waals surface area contributed by atoms with Crippen molar-refractivity contribution in [1.29, 1.82) is 0 Å². The van der Waals surface area contributed by atoms with Gasteiger partial charge in [-0.25, -0.2) is 0 Å². The van der Waals surface area contributed by atoms with Crippen molar-refractivity contribution >= 4 is 0 Å². The maximum Gasteiger partial charge on any atom is 0.0595 e. The van der Waals surface area contributed by atoms with E-state index >= 15 is 0 Å². The van der Waals surface area contributed by atoms with E-state index in [4.69, 9.17) is 0 Å². The Morgan fingerprint density at radius 2 is 2.07 bits per heavy atom. The highest BCUT2D eigenvalue weighted by Gasteiger charge is 2.22. The monoisotopic (exact) mass is 205 g/mol. The number of piperidine rings is 1. The van der Waals surface area contributed by atoms with Gasteiger partial charge in [-0.05, 0) is 31.9 Å². The number of nitrogens with one attached hydrogen (secondary N) is 1. The first-order valence-corrected chi connectivity index (χ1v) is 5.70. The van der Waals surface area contributed by atoms with Crippen molar-refractivity contribution in [3.05, 3.63) is 35.4 Å².